The second-order valence-electron chi connectivity index (χ2n) is 7.05. The van der Waals surface area contributed by atoms with Crippen LogP contribution in [-0.2, 0) is 22.6 Å². The van der Waals surface area contributed by atoms with Crippen molar-refractivity contribution in [2.24, 2.45) is 0 Å². The van der Waals surface area contributed by atoms with Gasteiger partial charge in [0.15, 0.2) is 5.65 Å². The molecule has 0 saturated carbocycles. The van der Waals surface area contributed by atoms with Gasteiger partial charge in [0.25, 0.3) is 0 Å². The van der Waals surface area contributed by atoms with Crippen LogP contribution in [0.25, 0.3) is 5.65 Å². The average Bonchev–Trinajstić information content (AvgIpc) is 3.33. The van der Waals surface area contributed by atoms with Crippen LogP contribution in [0.1, 0.15) is 42.9 Å². The lowest BCUT2D eigenvalue weighted by atomic mass is 10.2. The van der Waals surface area contributed by atoms with Crippen molar-refractivity contribution in [3.63, 3.8) is 0 Å². The number of sulfonamides is 1. The summed E-state index contributed by atoms with van der Waals surface area (Å²) < 4.78 is 81.7. The molecular formula is C19H18F4N4O2S. The largest absolute Gasteiger partial charge is 0.433 e. The first kappa shape index (κ1) is 20.7. The zero-order valence-electron chi connectivity index (χ0n) is 15.9. The molecule has 2 aromatic heterocycles. The van der Waals surface area contributed by atoms with Crippen molar-refractivity contribution in [1.29, 1.82) is 0 Å². The first-order valence-electron chi connectivity index (χ1n) is 9.35. The van der Waals surface area contributed by atoms with Crippen LogP contribution in [0.4, 0.5) is 17.6 Å². The highest BCUT2D eigenvalue weighted by atomic mass is 32.2. The normalized spacial score (nSPS) is 18.4. The van der Waals surface area contributed by atoms with E-state index in [0.29, 0.717) is 19.3 Å². The van der Waals surface area contributed by atoms with Crippen LogP contribution in [0.5, 0.6) is 0 Å². The number of nitrogens with zero attached hydrogens (tertiary/aromatic N) is 4. The van der Waals surface area contributed by atoms with E-state index in [1.54, 1.807) is 6.92 Å². The Kier molecular flexibility index (Phi) is 5.05. The molecule has 11 heteroatoms. The van der Waals surface area contributed by atoms with Crippen molar-refractivity contribution >= 4 is 15.7 Å². The van der Waals surface area contributed by atoms with Gasteiger partial charge in [-0.25, -0.2) is 22.3 Å². The number of fused-ring (bicyclic) bond motifs is 1. The summed E-state index contributed by atoms with van der Waals surface area (Å²) in [6.07, 6.45) is -3.39. The van der Waals surface area contributed by atoms with Crippen molar-refractivity contribution in [3.05, 3.63) is 59.3 Å². The molecule has 3 heterocycles. The number of aryl methyl sites for hydroxylation is 1. The van der Waals surface area contributed by atoms with E-state index in [4.69, 9.17) is 0 Å². The monoisotopic (exact) mass is 442 g/mol. The summed E-state index contributed by atoms with van der Waals surface area (Å²) >= 11 is 0. The van der Waals surface area contributed by atoms with Crippen molar-refractivity contribution in [2.75, 3.05) is 6.54 Å². The predicted octanol–water partition coefficient (Wildman–Crippen LogP) is 3.98. The highest BCUT2D eigenvalue weighted by Crippen LogP contribution is 2.37. The van der Waals surface area contributed by atoms with Gasteiger partial charge in [-0.1, -0.05) is 6.92 Å². The summed E-state index contributed by atoms with van der Waals surface area (Å²) in [6.45, 7) is 1.89. The maximum absolute atomic E-state index is 13.5. The molecule has 4 rings (SSSR count). The van der Waals surface area contributed by atoms with E-state index in [1.807, 2.05) is 0 Å². The minimum atomic E-state index is -4.63. The summed E-state index contributed by atoms with van der Waals surface area (Å²) in [5.74, 6) is -0.565. The fourth-order valence-corrected chi connectivity index (χ4v) is 5.32. The third-order valence-electron chi connectivity index (χ3n) is 5.12. The number of hydrogen-bond donors (Lipinski definition) is 0. The van der Waals surface area contributed by atoms with Gasteiger partial charge in [0.1, 0.15) is 11.5 Å². The molecule has 1 atom stereocenters. The van der Waals surface area contributed by atoms with Gasteiger partial charge in [-0.15, -0.1) is 0 Å². The van der Waals surface area contributed by atoms with Gasteiger partial charge < -0.3 is 0 Å². The number of benzene rings is 1. The van der Waals surface area contributed by atoms with E-state index in [-0.39, 0.29) is 28.5 Å². The van der Waals surface area contributed by atoms with Crippen molar-refractivity contribution in [1.82, 2.24) is 18.9 Å². The van der Waals surface area contributed by atoms with Gasteiger partial charge in [0, 0.05) is 18.3 Å². The van der Waals surface area contributed by atoms with Gasteiger partial charge in [-0.05, 0) is 49.6 Å². The highest BCUT2D eigenvalue weighted by molar-refractivity contribution is 7.89. The first-order chi connectivity index (χ1) is 14.1. The molecule has 0 radical (unpaired) electrons. The SMILES string of the molecule is CCc1cc(C(F)(F)F)n2nc([C@H]3CCCN3S(=O)(=O)c3ccc(F)cc3)cc2n1. The molecule has 1 aliphatic heterocycles. The Morgan fingerprint density at radius 3 is 2.50 bits per heavy atom. The Balaban J connectivity index is 1.78. The lowest BCUT2D eigenvalue weighted by Gasteiger charge is -2.22. The van der Waals surface area contributed by atoms with Gasteiger partial charge in [0.05, 0.1) is 16.6 Å². The number of rotatable bonds is 4. The Bertz CT molecular complexity index is 1190. The average molecular weight is 442 g/mol. The Morgan fingerprint density at radius 2 is 1.87 bits per heavy atom. The second-order valence-corrected chi connectivity index (χ2v) is 8.94. The first-order valence-corrected chi connectivity index (χ1v) is 10.8. The minimum Gasteiger partial charge on any atom is -0.234 e. The molecule has 0 N–H and O–H groups in total. The molecular weight excluding hydrogens is 424 g/mol. The third-order valence-corrected chi connectivity index (χ3v) is 7.04. The summed E-state index contributed by atoms with van der Waals surface area (Å²) in [6, 6.07) is 6.06. The fourth-order valence-electron chi connectivity index (χ4n) is 3.66. The Hall–Kier alpha value is -2.53. The van der Waals surface area contributed by atoms with Crippen LogP contribution in [0.3, 0.4) is 0 Å². The molecule has 30 heavy (non-hydrogen) atoms. The van der Waals surface area contributed by atoms with Crippen LogP contribution >= 0.6 is 0 Å². The topological polar surface area (TPSA) is 67.6 Å². The van der Waals surface area contributed by atoms with Crippen LogP contribution in [0.2, 0.25) is 0 Å². The molecule has 0 amide bonds. The molecule has 0 bridgehead atoms. The number of hydrogen-bond acceptors (Lipinski definition) is 4. The maximum Gasteiger partial charge on any atom is 0.433 e. The van der Waals surface area contributed by atoms with Crippen LogP contribution in [0.15, 0.2) is 41.3 Å². The lowest BCUT2D eigenvalue weighted by molar-refractivity contribution is -0.142. The zero-order chi connectivity index (χ0) is 21.7. The lowest BCUT2D eigenvalue weighted by Crippen LogP contribution is -2.31. The predicted molar refractivity (Wildman–Crippen MR) is 99.6 cm³/mol. The van der Waals surface area contributed by atoms with Crippen molar-refractivity contribution in [3.8, 4) is 0 Å². The van der Waals surface area contributed by atoms with E-state index >= 15 is 0 Å². The summed E-state index contributed by atoms with van der Waals surface area (Å²) in [5, 5.41) is 4.08. The third kappa shape index (κ3) is 3.56. The van der Waals surface area contributed by atoms with E-state index < -0.39 is 33.8 Å². The van der Waals surface area contributed by atoms with Crippen LogP contribution < -0.4 is 0 Å². The van der Waals surface area contributed by atoms with E-state index in [2.05, 4.69) is 10.1 Å². The molecule has 0 spiro atoms. The van der Waals surface area contributed by atoms with Crippen molar-refractivity contribution < 1.29 is 26.0 Å². The summed E-state index contributed by atoms with van der Waals surface area (Å²) in [7, 11) is -3.97. The Morgan fingerprint density at radius 1 is 1.17 bits per heavy atom. The minimum absolute atomic E-state index is 0.0164. The molecule has 1 fully saturated rings. The summed E-state index contributed by atoms with van der Waals surface area (Å²) in [4.78, 5) is 4.12. The zero-order valence-corrected chi connectivity index (χ0v) is 16.7. The van der Waals surface area contributed by atoms with Gasteiger partial charge >= 0.3 is 6.18 Å². The number of halogens is 4. The highest BCUT2D eigenvalue weighted by Gasteiger charge is 2.39. The summed E-state index contributed by atoms with van der Waals surface area (Å²) in [5.41, 5.74) is -0.475. The molecule has 0 aliphatic carbocycles. The Labute approximate surface area is 170 Å². The molecule has 3 aromatic rings. The van der Waals surface area contributed by atoms with Crippen molar-refractivity contribution in [2.45, 2.75) is 43.3 Å². The van der Waals surface area contributed by atoms with Gasteiger partial charge in [-0.3, -0.25) is 0 Å². The van der Waals surface area contributed by atoms with Crippen LogP contribution in [0, 0.1) is 5.82 Å². The quantitative estimate of drug-likeness (QED) is 0.574. The maximum atomic E-state index is 13.5. The van der Waals surface area contributed by atoms with E-state index in [1.165, 1.54) is 22.5 Å². The number of alkyl halides is 3. The second kappa shape index (κ2) is 7.31. The number of aromatic nitrogens is 3. The van der Waals surface area contributed by atoms with Crippen LogP contribution in [-0.4, -0.2) is 33.9 Å². The van der Waals surface area contributed by atoms with Gasteiger partial charge in [-0.2, -0.15) is 22.6 Å². The molecule has 1 saturated heterocycles. The molecule has 0 unspecified atom stereocenters. The smallest absolute Gasteiger partial charge is 0.234 e. The fraction of sp³-hybridized carbons (Fsp3) is 0.368. The molecule has 160 valence electrons. The molecule has 1 aromatic carbocycles. The van der Waals surface area contributed by atoms with E-state index in [0.717, 1.165) is 22.7 Å². The van der Waals surface area contributed by atoms with Gasteiger partial charge in [0.2, 0.25) is 10.0 Å². The molecule has 6 nitrogen and oxygen atoms in total. The van der Waals surface area contributed by atoms with E-state index in [9.17, 15) is 26.0 Å². The standard InChI is InChI=1S/C19H18F4N4O2S/c1-2-13-10-17(19(21,22)23)27-18(24-13)11-15(25-27)16-4-3-9-26(16)30(28,29)14-7-5-12(20)6-8-14/h5-8,10-11,16H,2-4,9H2,1H3/t16-/m1/s1. The molecule has 1 aliphatic rings.